The Morgan fingerprint density at radius 2 is 2.18 bits per heavy atom. The summed E-state index contributed by atoms with van der Waals surface area (Å²) in [5.74, 6) is 0. The number of carbonyl (C=O) groups is 1. The van der Waals surface area contributed by atoms with Gasteiger partial charge in [0, 0.05) is 12.3 Å². The van der Waals surface area contributed by atoms with Crippen LogP contribution in [-0.2, 0) is 0 Å². The molecule has 0 rings (SSSR count). The Morgan fingerprint density at radius 3 is 2.64 bits per heavy atom. The van der Waals surface area contributed by atoms with Crippen LogP contribution in [0.15, 0.2) is 5.10 Å². The number of hydrazone groups is 1. The predicted molar refractivity (Wildman–Crippen MR) is 42.4 cm³/mol. The van der Waals surface area contributed by atoms with Crippen molar-refractivity contribution < 1.29 is 9.90 Å². The molecule has 0 saturated carbocycles. The Kier molecular flexibility index (Phi) is 5.10. The molecule has 0 aromatic rings. The molecule has 5 nitrogen and oxygen atoms in total. The molecule has 0 saturated heterocycles. The Morgan fingerprint density at radius 1 is 1.55 bits per heavy atom. The molecule has 0 fully saturated rings. The highest BCUT2D eigenvalue weighted by Gasteiger charge is 1.93. The van der Waals surface area contributed by atoms with E-state index in [-0.39, 0.29) is 13.2 Å². The van der Waals surface area contributed by atoms with Gasteiger partial charge in [0.1, 0.15) is 0 Å². The number of hydrogen-bond donors (Lipinski definition) is 3. The van der Waals surface area contributed by atoms with Gasteiger partial charge in [-0.15, -0.1) is 0 Å². The van der Waals surface area contributed by atoms with Crippen LogP contribution in [0.5, 0.6) is 0 Å². The molecule has 3 N–H and O–H groups in total. The molecule has 0 spiro atoms. The number of aliphatic hydroxyl groups is 1. The lowest BCUT2D eigenvalue weighted by atomic mass is 10.5. The number of nitrogens with one attached hydrogen (secondary N) is 2. The monoisotopic (exact) mass is 159 g/mol. The Bertz CT molecular complexity index is 152. The molecule has 0 bridgehead atoms. The van der Waals surface area contributed by atoms with Crippen molar-refractivity contribution in [2.45, 2.75) is 13.8 Å². The van der Waals surface area contributed by atoms with Crippen LogP contribution in [0.3, 0.4) is 0 Å². The molecule has 5 heteroatoms. The third-order valence-corrected chi connectivity index (χ3v) is 0.778. The second-order valence-corrected chi connectivity index (χ2v) is 2.15. The fraction of sp³-hybridized carbons (Fsp3) is 0.667. The summed E-state index contributed by atoms with van der Waals surface area (Å²) >= 11 is 0. The maximum Gasteiger partial charge on any atom is 0.335 e. The second-order valence-electron chi connectivity index (χ2n) is 2.15. The van der Waals surface area contributed by atoms with E-state index in [1.165, 1.54) is 0 Å². The molecule has 0 radical (unpaired) electrons. The normalized spacial score (nSPS) is 8.64. The summed E-state index contributed by atoms with van der Waals surface area (Å²) in [7, 11) is 0. The summed E-state index contributed by atoms with van der Waals surface area (Å²) in [6.07, 6.45) is 0. The van der Waals surface area contributed by atoms with Crippen LogP contribution in [0, 0.1) is 0 Å². The molecule has 0 heterocycles. The van der Waals surface area contributed by atoms with Crippen LogP contribution in [-0.4, -0.2) is 30.0 Å². The van der Waals surface area contributed by atoms with E-state index in [0.29, 0.717) is 0 Å². The minimum Gasteiger partial charge on any atom is -0.395 e. The zero-order valence-electron chi connectivity index (χ0n) is 6.72. The zero-order valence-corrected chi connectivity index (χ0v) is 6.72. The van der Waals surface area contributed by atoms with E-state index >= 15 is 0 Å². The number of amides is 2. The maximum absolute atomic E-state index is 10.7. The topological polar surface area (TPSA) is 73.7 Å². The fourth-order valence-corrected chi connectivity index (χ4v) is 0.372. The number of urea groups is 1. The largest absolute Gasteiger partial charge is 0.395 e. The number of nitrogens with zero attached hydrogens (tertiary/aromatic N) is 1. The third kappa shape index (κ3) is 6.79. The van der Waals surface area contributed by atoms with Crippen LogP contribution in [0.1, 0.15) is 13.8 Å². The van der Waals surface area contributed by atoms with Crippen LogP contribution < -0.4 is 10.7 Å². The molecule has 0 aliphatic rings. The van der Waals surface area contributed by atoms with Crippen LogP contribution in [0.25, 0.3) is 0 Å². The fourth-order valence-electron chi connectivity index (χ4n) is 0.372. The van der Waals surface area contributed by atoms with Crippen LogP contribution in [0.2, 0.25) is 0 Å². The lowest BCUT2D eigenvalue weighted by molar-refractivity contribution is 0.234. The smallest absolute Gasteiger partial charge is 0.335 e. The summed E-state index contributed by atoms with van der Waals surface area (Å²) in [4.78, 5) is 10.7. The molecule has 0 atom stereocenters. The van der Waals surface area contributed by atoms with Crippen molar-refractivity contribution in [2.75, 3.05) is 13.2 Å². The molecule has 0 aliphatic heterocycles. The highest BCUT2D eigenvalue weighted by molar-refractivity contribution is 5.81. The van der Waals surface area contributed by atoms with Gasteiger partial charge in [0.05, 0.1) is 6.61 Å². The van der Waals surface area contributed by atoms with Crippen LogP contribution >= 0.6 is 0 Å². The van der Waals surface area contributed by atoms with Gasteiger partial charge in [0.25, 0.3) is 0 Å². The second kappa shape index (κ2) is 5.67. The van der Waals surface area contributed by atoms with E-state index in [1.807, 2.05) is 0 Å². The van der Waals surface area contributed by atoms with Gasteiger partial charge < -0.3 is 10.4 Å². The predicted octanol–water partition coefficient (Wildman–Crippen LogP) is -0.326. The molecular formula is C6H13N3O2. The molecule has 2 amide bonds. The minimum atomic E-state index is -0.403. The Labute approximate surface area is 65.5 Å². The Hall–Kier alpha value is -1.10. The number of rotatable bonds is 3. The molecule has 0 aliphatic carbocycles. The lowest BCUT2D eigenvalue weighted by Gasteiger charge is -2.00. The van der Waals surface area contributed by atoms with E-state index in [9.17, 15) is 4.79 Å². The van der Waals surface area contributed by atoms with E-state index < -0.39 is 6.03 Å². The lowest BCUT2D eigenvalue weighted by Crippen LogP contribution is -2.34. The average molecular weight is 159 g/mol. The first kappa shape index (κ1) is 9.90. The molecule has 0 aromatic carbocycles. The number of carbonyl (C=O) groups excluding carboxylic acids is 1. The van der Waals surface area contributed by atoms with Gasteiger partial charge in [-0.3, -0.25) is 0 Å². The molecule has 0 aromatic heterocycles. The van der Waals surface area contributed by atoms with Crippen molar-refractivity contribution in [2.24, 2.45) is 5.10 Å². The van der Waals surface area contributed by atoms with Gasteiger partial charge in [0.2, 0.25) is 0 Å². The minimum absolute atomic E-state index is 0.0672. The van der Waals surface area contributed by atoms with Crippen molar-refractivity contribution >= 4 is 11.7 Å². The van der Waals surface area contributed by atoms with Gasteiger partial charge in [-0.05, 0) is 13.8 Å². The summed E-state index contributed by atoms with van der Waals surface area (Å²) < 4.78 is 0. The van der Waals surface area contributed by atoms with Crippen LogP contribution in [0.4, 0.5) is 4.79 Å². The zero-order chi connectivity index (χ0) is 8.69. The van der Waals surface area contributed by atoms with Gasteiger partial charge in [0.15, 0.2) is 0 Å². The Balaban J connectivity index is 3.45. The first-order valence-corrected chi connectivity index (χ1v) is 3.32. The van der Waals surface area contributed by atoms with E-state index in [1.54, 1.807) is 13.8 Å². The van der Waals surface area contributed by atoms with Gasteiger partial charge >= 0.3 is 6.03 Å². The number of aliphatic hydroxyl groups excluding tert-OH is 1. The van der Waals surface area contributed by atoms with Gasteiger partial charge in [-0.2, -0.15) is 5.10 Å². The third-order valence-electron chi connectivity index (χ3n) is 0.778. The SMILES string of the molecule is CC(C)=NNC(=O)NCCO. The highest BCUT2D eigenvalue weighted by atomic mass is 16.3. The van der Waals surface area contributed by atoms with Crippen molar-refractivity contribution in [3.63, 3.8) is 0 Å². The molecule has 64 valence electrons. The van der Waals surface area contributed by atoms with E-state index in [0.717, 1.165) is 5.71 Å². The summed E-state index contributed by atoms with van der Waals surface area (Å²) in [5, 5.41) is 14.3. The average Bonchev–Trinajstić information content (AvgIpc) is 1.97. The summed E-state index contributed by atoms with van der Waals surface area (Å²) in [5.41, 5.74) is 3.01. The highest BCUT2D eigenvalue weighted by Crippen LogP contribution is 1.70. The van der Waals surface area contributed by atoms with Gasteiger partial charge in [-0.1, -0.05) is 0 Å². The summed E-state index contributed by atoms with van der Waals surface area (Å²) in [6.45, 7) is 3.71. The first-order chi connectivity index (χ1) is 5.16. The van der Waals surface area contributed by atoms with Crippen molar-refractivity contribution in [1.29, 1.82) is 0 Å². The molecule has 0 unspecified atom stereocenters. The number of hydrogen-bond acceptors (Lipinski definition) is 3. The summed E-state index contributed by atoms with van der Waals surface area (Å²) in [6, 6.07) is -0.403. The maximum atomic E-state index is 10.7. The van der Waals surface area contributed by atoms with Crippen molar-refractivity contribution in [3.05, 3.63) is 0 Å². The standard InChI is InChI=1S/C6H13N3O2/c1-5(2)8-9-6(11)7-3-4-10/h10H,3-4H2,1-2H3,(H2,7,9,11). The quantitative estimate of drug-likeness (QED) is 0.390. The van der Waals surface area contributed by atoms with E-state index in [2.05, 4.69) is 15.8 Å². The van der Waals surface area contributed by atoms with E-state index in [4.69, 9.17) is 5.11 Å². The van der Waals surface area contributed by atoms with Gasteiger partial charge in [-0.25, -0.2) is 10.2 Å². The van der Waals surface area contributed by atoms with Crippen molar-refractivity contribution in [1.82, 2.24) is 10.7 Å². The molecule has 11 heavy (non-hydrogen) atoms. The van der Waals surface area contributed by atoms with Crippen molar-refractivity contribution in [3.8, 4) is 0 Å². The first-order valence-electron chi connectivity index (χ1n) is 3.32. The molecular weight excluding hydrogens is 146 g/mol.